The van der Waals surface area contributed by atoms with Crippen LogP contribution in [0.25, 0.3) is 5.82 Å². The van der Waals surface area contributed by atoms with Crippen molar-refractivity contribution in [1.82, 2.24) is 20.0 Å². The van der Waals surface area contributed by atoms with Crippen LogP contribution in [0.15, 0.2) is 24.4 Å². The zero-order valence-electron chi connectivity index (χ0n) is 10.6. The fraction of sp³-hybridized carbons (Fsp3) is 0.462. The fourth-order valence-corrected chi connectivity index (χ4v) is 1.62. The Labute approximate surface area is 102 Å². The molecule has 0 amide bonds. The molecule has 0 bridgehead atoms. The lowest BCUT2D eigenvalue weighted by Gasteiger charge is -2.00. The molecule has 0 atom stereocenters. The minimum absolute atomic E-state index is 0.692. The Balaban J connectivity index is 2.12. The van der Waals surface area contributed by atoms with Gasteiger partial charge in [0.1, 0.15) is 0 Å². The van der Waals surface area contributed by atoms with Gasteiger partial charge in [0.2, 0.25) is 0 Å². The first-order chi connectivity index (χ1) is 8.15. The van der Waals surface area contributed by atoms with E-state index in [-0.39, 0.29) is 0 Å². The highest BCUT2D eigenvalue weighted by atomic mass is 15.4. The Kier molecular flexibility index (Phi) is 3.52. The second kappa shape index (κ2) is 5.08. The maximum absolute atomic E-state index is 4.41. The Morgan fingerprint density at radius 2 is 2.12 bits per heavy atom. The summed E-state index contributed by atoms with van der Waals surface area (Å²) in [6, 6.07) is 5.89. The van der Waals surface area contributed by atoms with Gasteiger partial charge in [0.15, 0.2) is 5.82 Å². The van der Waals surface area contributed by atoms with Crippen molar-refractivity contribution < 1.29 is 0 Å². The lowest BCUT2D eigenvalue weighted by molar-refractivity contribution is 0.581. The van der Waals surface area contributed by atoms with E-state index in [1.807, 2.05) is 31.3 Å². The van der Waals surface area contributed by atoms with Crippen LogP contribution in [0, 0.1) is 12.8 Å². The van der Waals surface area contributed by atoms with Crippen LogP contribution in [0.2, 0.25) is 0 Å². The molecule has 0 radical (unpaired) electrons. The summed E-state index contributed by atoms with van der Waals surface area (Å²) in [5, 5.41) is 8.28. The maximum Gasteiger partial charge on any atom is 0.155 e. The van der Waals surface area contributed by atoms with Gasteiger partial charge in [-0.1, -0.05) is 25.1 Å². The molecule has 0 fully saturated rings. The summed E-state index contributed by atoms with van der Waals surface area (Å²) < 4.78 is 1.74. The first-order valence-corrected chi connectivity index (χ1v) is 6.00. The summed E-state index contributed by atoms with van der Waals surface area (Å²) in [5.74, 6) is 1.52. The van der Waals surface area contributed by atoms with E-state index in [1.54, 1.807) is 4.68 Å². The van der Waals surface area contributed by atoms with Gasteiger partial charge < -0.3 is 0 Å². The highest BCUT2D eigenvalue weighted by Crippen LogP contribution is 2.08. The van der Waals surface area contributed by atoms with Gasteiger partial charge >= 0.3 is 0 Å². The molecule has 2 aromatic rings. The highest BCUT2D eigenvalue weighted by Gasteiger charge is 2.04. The normalized spacial score (nSPS) is 11.1. The molecule has 0 spiro atoms. The first-order valence-electron chi connectivity index (χ1n) is 6.00. The molecule has 0 saturated heterocycles. The van der Waals surface area contributed by atoms with Crippen molar-refractivity contribution in [3.63, 3.8) is 0 Å². The molecule has 4 nitrogen and oxygen atoms in total. The first kappa shape index (κ1) is 11.8. The monoisotopic (exact) mass is 230 g/mol. The summed E-state index contributed by atoms with van der Waals surface area (Å²) in [6.07, 6.45) is 4.08. The SMILES string of the molecule is Cc1cccc(-n2cc(CCC(C)C)nn2)n1. The summed E-state index contributed by atoms with van der Waals surface area (Å²) in [7, 11) is 0. The second-order valence-electron chi connectivity index (χ2n) is 4.72. The van der Waals surface area contributed by atoms with Gasteiger partial charge in [0, 0.05) is 5.69 Å². The number of nitrogens with zero attached hydrogens (tertiary/aromatic N) is 4. The fourth-order valence-electron chi connectivity index (χ4n) is 1.62. The van der Waals surface area contributed by atoms with Gasteiger partial charge in [-0.15, -0.1) is 5.10 Å². The molecule has 2 heterocycles. The largest absolute Gasteiger partial charge is 0.234 e. The van der Waals surface area contributed by atoms with E-state index >= 15 is 0 Å². The number of pyridine rings is 1. The Morgan fingerprint density at radius 3 is 2.82 bits per heavy atom. The molecule has 90 valence electrons. The minimum Gasteiger partial charge on any atom is -0.234 e. The van der Waals surface area contributed by atoms with Gasteiger partial charge in [0.25, 0.3) is 0 Å². The van der Waals surface area contributed by atoms with Crippen LogP contribution in [-0.2, 0) is 6.42 Å². The molecule has 0 unspecified atom stereocenters. The molecular formula is C13H18N4. The lowest BCUT2D eigenvalue weighted by Crippen LogP contribution is -1.98. The zero-order valence-corrected chi connectivity index (χ0v) is 10.6. The molecule has 2 rings (SSSR count). The van der Waals surface area contributed by atoms with E-state index in [2.05, 4.69) is 29.1 Å². The predicted octanol–water partition coefficient (Wildman–Crippen LogP) is 2.56. The molecule has 0 aliphatic rings. The zero-order chi connectivity index (χ0) is 12.3. The maximum atomic E-state index is 4.41. The van der Waals surface area contributed by atoms with Crippen molar-refractivity contribution >= 4 is 0 Å². The van der Waals surface area contributed by atoms with Crippen LogP contribution in [0.3, 0.4) is 0 Å². The van der Waals surface area contributed by atoms with Gasteiger partial charge in [-0.2, -0.15) is 0 Å². The number of aryl methyl sites for hydroxylation is 2. The van der Waals surface area contributed by atoms with Crippen molar-refractivity contribution in [1.29, 1.82) is 0 Å². The number of rotatable bonds is 4. The molecular weight excluding hydrogens is 212 g/mol. The third kappa shape index (κ3) is 3.12. The van der Waals surface area contributed by atoms with Crippen LogP contribution in [0.5, 0.6) is 0 Å². The third-order valence-corrected chi connectivity index (χ3v) is 2.63. The van der Waals surface area contributed by atoms with Crippen molar-refractivity contribution in [2.24, 2.45) is 5.92 Å². The Hall–Kier alpha value is -1.71. The van der Waals surface area contributed by atoms with Crippen molar-refractivity contribution in [3.05, 3.63) is 35.8 Å². The van der Waals surface area contributed by atoms with E-state index in [4.69, 9.17) is 0 Å². The Bertz CT molecular complexity index is 488. The van der Waals surface area contributed by atoms with E-state index < -0.39 is 0 Å². The minimum atomic E-state index is 0.692. The summed E-state index contributed by atoms with van der Waals surface area (Å²) in [4.78, 5) is 4.41. The average Bonchev–Trinajstić information content (AvgIpc) is 2.75. The van der Waals surface area contributed by atoms with E-state index in [1.165, 1.54) is 0 Å². The summed E-state index contributed by atoms with van der Waals surface area (Å²) >= 11 is 0. The molecule has 2 aromatic heterocycles. The molecule has 4 heteroatoms. The molecule has 0 aliphatic heterocycles. The van der Waals surface area contributed by atoms with Crippen molar-refractivity contribution in [2.45, 2.75) is 33.6 Å². The summed E-state index contributed by atoms with van der Waals surface area (Å²) in [6.45, 7) is 6.40. The highest BCUT2D eigenvalue weighted by molar-refractivity contribution is 5.23. The number of hydrogen-bond donors (Lipinski definition) is 0. The molecule has 0 saturated carbocycles. The van der Waals surface area contributed by atoms with Crippen LogP contribution in [0.1, 0.15) is 31.7 Å². The van der Waals surface area contributed by atoms with Crippen LogP contribution >= 0.6 is 0 Å². The van der Waals surface area contributed by atoms with Gasteiger partial charge in [0.05, 0.1) is 11.9 Å². The predicted molar refractivity (Wildman–Crippen MR) is 67.1 cm³/mol. The smallest absolute Gasteiger partial charge is 0.155 e. The van der Waals surface area contributed by atoms with Crippen molar-refractivity contribution in [3.8, 4) is 5.82 Å². The Morgan fingerprint density at radius 1 is 1.29 bits per heavy atom. The number of aromatic nitrogens is 4. The molecule has 0 N–H and O–H groups in total. The second-order valence-corrected chi connectivity index (χ2v) is 4.72. The van der Waals surface area contributed by atoms with E-state index in [9.17, 15) is 0 Å². The molecule has 0 aliphatic carbocycles. The number of hydrogen-bond acceptors (Lipinski definition) is 3. The topological polar surface area (TPSA) is 43.6 Å². The standard InChI is InChI=1S/C13H18N4/c1-10(2)7-8-12-9-17(16-15-12)13-6-4-5-11(3)14-13/h4-6,9-10H,7-8H2,1-3H3. The average molecular weight is 230 g/mol. The van der Waals surface area contributed by atoms with Crippen molar-refractivity contribution in [2.75, 3.05) is 0 Å². The third-order valence-electron chi connectivity index (χ3n) is 2.63. The quantitative estimate of drug-likeness (QED) is 0.810. The van der Waals surface area contributed by atoms with E-state index in [0.717, 1.165) is 30.0 Å². The van der Waals surface area contributed by atoms with Crippen LogP contribution in [0.4, 0.5) is 0 Å². The molecule has 17 heavy (non-hydrogen) atoms. The van der Waals surface area contributed by atoms with Gasteiger partial charge in [-0.3, -0.25) is 0 Å². The summed E-state index contributed by atoms with van der Waals surface area (Å²) in [5.41, 5.74) is 2.02. The molecule has 0 aromatic carbocycles. The van der Waals surface area contributed by atoms with Gasteiger partial charge in [-0.05, 0) is 37.8 Å². The van der Waals surface area contributed by atoms with E-state index in [0.29, 0.717) is 5.92 Å². The van der Waals surface area contributed by atoms with Crippen LogP contribution in [-0.4, -0.2) is 20.0 Å². The van der Waals surface area contributed by atoms with Crippen LogP contribution < -0.4 is 0 Å². The van der Waals surface area contributed by atoms with Gasteiger partial charge in [-0.25, -0.2) is 9.67 Å². The lowest BCUT2D eigenvalue weighted by atomic mass is 10.1.